The van der Waals surface area contributed by atoms with E-state index in [2.05, 4.69) is 128 Å². The lowest BCUT2D eigenvalue weighted by Gasteiger charge is -2.36. The summed E-state index contributed by atoms with van der Waals surface area (Å²) in [5.41, 5.74) is 4.67. The summed E-state index contributed by atoms with van der Waals surface area (Å²) in [7, 11) is 0. The number of hydrogen-bond donors (Lipinski definition) is 0. The van der Waals surface area contributed by atoms with E-state index in [1.807, 2.05) is 0 Å². The molecule has 0 fully saturated rings. The first-order chi connectivity index (χ1) is 12.9. The number of rotatable bonds is 5. The summed E-state index contributed by atoms with van der Waals surface area (Å²) in [6.07, 6.45) is 2.38. The minimum absolute atomic E-state index is 0.342. The second-order valence-corrected chi connectivity index (χ2v) is 6.46. The minimum Gasteiger partial charge on any atom is -0.0622 e. The molecular weight excluding hydrogens is 312 g/mol. The van der Waals surface area contributed by atoms with Crippen molar-refractivity contribution in [2.75, 3.05) is 0 Å². The normalized spacial score (nSPS) is 11.2. The fourth-order valence-corrected chi connectivity index (χ4v) is 3.65. The summed E-state index contributed by atoms with van der Waals surface area (Å²) >= 11 is 0. The quantitative estimate of drug-likeness (QED) is 0.377. The van der Waals surface area contributed by atoms with Crippen LogP contribution >= 0.6 is 0 Å². The lowest BCUT2D eigenvalue weighted by molar-refractivity contribution is 0.730. The van der Waals surface area contributed by atoms with Gasteiger partial charge >= 0.3 is 0 Å². The fourth-order valence-electron chi connectivity index (χ4n) is 3.65. The number of hydrogen-bond acceptors (Lipinski definition) is 0. The van der Waals surface area contributed by atoms with Crippen LogP contribution in [0, 0.1) is 6.42 Å². The van der Waals surface area contributed by atoms with Crippen molar-refractivity contribution < 1.29 is 0 Å². The van der Waals surface area contributed by atoms with Gasteiger partial charge in [0.25, 0.3) is 0 Å². The second kappa shape index (κ2) is 7.41. The van der Waals surface area contributed by atoms with Crippen LogP contribution in [-0.4, -0.2) is 0 Å². The molecule has 0 N–H and O–H groups in total. The van der Waals surface area contributed by atoms with Crippen molar-refractivity contribution in [2.45, 2.75) is 5.41 Å². The van der Waals surface area contributed by atoms with Crippen LogP contribution in [0.25, 0.3) is 0 Å². The zero-order valence-corrected chi connectivity index (χ0v) is 14.6. The molecule has 0 aliphatic heterocycles. The molecule has 0 heterocycles. The minimum atomic E-state index is -0.342. The Morgan fingerprint density at radius 3 is 1.04 bits per heavy atom. The van der Waals surface area contributed by atoms with Gasteiger partial charge in [-0.1, -0.05) is 121 Å². The van der Waals surface area contributed by atoms with Crippen LogP contribution in [0.1, 0.15) is 22.3 Å². The van der Waals surface area contributed by atoms with E-state index in [9.17, 15) is 0 Å². The van der Waals surface area contributed by atoms with Gasteiger partial charge < -0.3 is 0 Å². The maximum Gasteiger partial charge on any atom is 0.0526 e. The molecule has 4 rings (SSSR count). The lowest BCUT2D eigenvalue weighted by Crippen LogP contribution is -2.30. The van der Waals surface area contributed by atoms with Gasteiger partial charge in [0.15, 0.2) is 0 Å². The van der Waals surface area contributed by atoms with Crippen molar-refractivity contribution in [3.63, 3.8) is 0 Å². The Kier molecular flexibility index (Phi) is 4.66. The maximum absolute atomic E-state index is 2.38. The second-order valence-electron chi connectivity index (χ2n) is 6.46. The Morgan fingerprint density at radius 2 is 0.692 bits per heavy atom. The fraction of sp³-hybridized carbons (Fsp3) is 0.0385. The van der Waals surface area contributed by atoms with Gasteiger partial charge in [-0.25, -0.2) is 0 Å². The van der Waals surface area contributed by atoms with E-state index < -0.39 is 0 Å². The summed E-state index contributed by atoms with van der Waals surface area (Å²) in [5, 5.41) is 0. The summed E-state index contributed by atoms with van der Waals surface area (Å²) in [5.74, 6) is 0. The van der Waals surface area contributed by atoms with Gasteiger partial charge in [-0.05, 0) is 22.3 Å². The predicted octanol–water partition coefficient (Wildman–Crippen LogP) is 6.27. The van der Waals surface area contributed by atoms with Gasteiger partial charge in [0.2, 0.25) is 0 Å². The average molecular weight is 333 g/mol. The molecule has 0 nitrogen and oxygen atoms in total. The van der Waals surface area contributed by atoms with Crippen LogP contribution in [0.5, 0.6) is 0 Å². The van der Waals surface area contributed by atoms with Crippen molar-refractivity contribution in [3.8, 4) is 0 Å². The van der Waals surface area contributed by atoms with Crippen LogP contribution in [0.4, 0.5) is 0 Å². The highest BCUT2D eigenvalue weighted by Gasteiger charge is 2.36. The van der Waals surface area contributed by atoms with Crippen molar-refractivity contribution in [3.05, 3.63) is 150 Å². The molecule has 0 atom stereocenters. The first kappa shape index (κ1) is 16.4. The summed E-state index contributed by atoms with van der Waals surface area (Å²) in [4.78, 5) is 0. The molecule has 0 saturated heterocycles. The number of benzene rings is 4. The first-order valence-electron chi connectivity index (χ1n) is 8.97. The topological polar surface area (TPSA) is 0 Å². The van der Waals surface area contributed by atoms with Crippen LogP contribution in [0.15, 0.2) is 121 Å². The first-order valence-corrected chi connectivity index (χ1v) is 8.97. The Morgan fingerprint density at radius 1 is 0.385 bits per heavy atom. The Hall–Kier alpha value is -3.12. The summed E-state index contributed by atoms with van der Waals surface area (Å²) in [6, 6.07) is 42.9. The van der Waals surface area contributed by atoms with E-state index in [1.165, 1.54) is 22.3 Å². The zero-order valence-electron chi connectivity index (χ0n) is 14.6. The molecule has 26 heavy (non-hydrogen) atoms. The Labute approximate surface area is 155 Å². The molecule has 0 unspecified atom stereocenters. The molecule has 0 bridgehead atoms. The molecule has 0 heteroatoms. The third-order valence-corrected chi connectivity index (χ3v) is 4.87. The standard InChI is InChI=1S/C26H21/c1-5-13-22(14-6-1)21-26(23-15-7-2-8-16-23,24-17-9-3-10-18-24)25-19-11-4-12-20-25/h1-21H. The van der Waals surface area contributed by atoms with Crippen molar-refractivity contribution >= 4 is 0 Å². The highest BCUT2D eigenvalue weighted by atomic mass is 14.4. The Bertz CT molecular complexity index is 830. The van der Waals surface area contributed by atoms with Gasteiger partial charge in [-0.3, -0.25) is 0 Å². The highest BCUT2D eigenvalue weighted by molar-refractivity contribution is 5.56. The molecule has 0 saturated carbocycles. The van der Waals surface area contributed by atoms with Gasteiger partial charge in [0.05, 0.1) is 5.41 Å². The molecule has 0 aromatic heterocycles. The molecule has 0 spiro atoms. The molecule has 0 aliphatic rings. The zero-order chi connectivity index (χ0) is 17.7. The van der Waals surface area contributed by atoms with Crippen molar-refractivity contribution in [2.24, 2.45) is 0 Å². The average Bonchev–Trinajstić information content (AvgIpc) is 2.75. The predicted molar refractivity (Wildman–Crippen MR) is 109 cm³/mol. The lowest BCUT2D eigenvalue weighted by atomic mass is 9.66. The van der Waals surface area contributed by atoms with E-state index in [-0.39, 0.29) is 5.41 Å². The van der Waals surface area contributed by atoms with E-state index in [0.717, 1.165) is 0 Å². The molecule has 4 aromatic rings. The van der Waals surface area contributed by atoms with Crippen LogP contribution in [0.3, 0.4) is 0 Å². The van der Waals surface area contributed by atoms with Crippen molar-refractivity contribution in [1.82, 2.24) is 0 Å². The van der Waals surface area contributed by atoms with Gasteiger partial charge in [0.1, 0.15) is 0 Å². The molecule has 1 radical (unpaired) electrons. The third kappa shape index (κ3) is 3.07. The van der Waals surface area contributed by atoms with E-state index in [4.69, 9.17) is 0 Å². The largest absolute Gasteiger partial charge is 0.0622 e. The third-order valence-electron chi connectivity index (χ3n) is 4.87. The van der Waals surface area contributed by atoms with Crippen LogP contribution < -0.4 is 0 Å². The van der Waals surface area contributed by atoms with E-state index in [1.54, 1.807) is 0 Å². The molecule has 0 aliphatic carbocycles. The van der Waals surface area contributed by atoms with Gasteiger partial charge in [-0.2, -0.15) is 0 Å². The van der Waals surface area contributed by atoms with Crippen molar-refractivity contribution in [1.29, 1.82) is 0 Å². The van der Waals surface area contributed by atoms with Crippen LogP contribution in [0.2, 0.25) is 0 Å². The maximum atomic E-state index is 2.38. The van der Waals surface area contributed by atoms with Gasteiger partial charge in [-0.15, -0.1) is 0 Å². The monoisotopic (exact) mass is 333 g/mol. The van der Waals surface area contributed by atoms with Crippen LogP contribution in [-0.2, 0) is 5.41 Å². The molecule has 125 valence electrons. The molecule has 0 amide bonds. The molecule has 4 aromatic carbocycles. The van der Waals surface area contributed by atoms with E-state index in [0.29, 0.717) is 0 Å². The molecular formula is C26H21. The Balaban J connectivity index is 2.00. The van der Waals surface area contributed by atoms with Gasteiger partial charge in [0, 0.05) is 6.42 Å². The smallest absolute Gasteiger partial charge is 0.0526 e. The highest BCUT2D eigenvalue weighted by Crippen LogP contribution is 2.43. The van der Waals surface area contributed by atoms with E-state index >= 15 is 0 Å². The SMILES string of the molecule is [CH](c1ccccc1)C(c1ccccc1)(c1ccccc1)c1ccccc1. The summed E-state index contributed by atoms with van der Waals surface area (Å²) in [6.45, 7) is 0. The summed E-state index contributed by atoms with van der Waals surface area (Å²) < 4.78 is 0.